The quantitative estimate of drug-likeness (QED) is 0.285. The van der Waals surface area contributed by atoms with Crippen molar-refractivity contribution in [3.8, 4) is 0 Å². The predicted octanol–water partition coefficient (Wildman–Crippen LogP) is 2.42. The molecule has 1 saturated heterocycles. The maximum absolute atomic E-state index is 8.09. The van der Waals surface area contributed by atoms with Gasteiger partial charge in [0.15, 0.2) is 0 Å². The maximum atomic E-state index is 8.09. The molecule has 1 rings (SSSR count). The SMILES string of the molecule is CC1CCCN(CCCN=[N+]=[N-])C1. The van der Waals surface area contributed by atoms with E-state index in [0.29, 0.717) is 6.54 Å². The number of piperidine rings is 1. The van der Waals surface area contributed by atoms with Crippen molar-refractivity contribution in [2.45, 2.75) is 26.2 Å². The summed E-state index contributed by atoms with van der Waals surface area (Å²) >= 11 is 0. The number of azide groups is 1. The molecule has 0 N–H and O–H groups in total. The highest BCUT2D eigenvalue weighted by atomic mass is 15.1. The summed E-state index contributed by atoms with van der Waals surface area (Å²) in [5, 5.41) is 3.53. The van der Waals surface area contributed by atoms with Gasteiger partial charge in [0, 0.05) is 18.0 Å². The lowest BCUT2D eigenvalue weighted by Crippen LogP contribution is -2.35. The number of hydrogen-bond donors (Lipinski definition) is 0. The van der Waals surface area contributed by atoms with E-state index in [2.05, 4.69) is 21.8 Å². The lowest BCUT2D eigenvalue weighted by atomic mass is 10.0. The molecule has 1 fully saturated rings. The van der Waals surface area contributed by atoms with Crippen molar-refractivity contribution in [1.82, 2.24) is 4.90 Å². The van der Waals surface area contributed by atoms with E-state index in [4.69, 9.17) is 5.53 Å². The molecule has 13 heavy (non-hydrogen) atoms. The minimum atomic E-state index is 0.640. The average molecular weight is 182 g/mol. The average Bonchev–Trinajstić information content (AvgIpc) is 2.13. The number of nitrogens with zero attached hydrogens (tertiary/aromatic N) is 4. The van der Waals surface area contributed by atoms with Gasteiger partial charge in [-0.2, -0.15) is 0 Å². The summed E-state index contributed by atoms with van der Waals surface area (Å²) in [6, 6.07) is 0. The fourth-order valence-electron chi connectivity index (χ4n) is 1.90. The van der Waals surface area contributed by atoms with Crippen LogP contribution in [0.3, 0.4) is 0 Å². The molecule has 1 unspecified atom stereocenters. The summed E-state index contributed by atoms with van der Waals surface area (Å²) < 4.78 is 0. The Morgan fingerprint density at radius 2 is 2.46 bits per heavy atom. The first kappa shape index (κ1) is 10.4. The standard InChI is InChI=1S/C9H18N4/c1-9-4-2-6-13(8-9)7-3-5-11-12-10/h9H,2-8H2,1H3. The van der Waals surface area contributed by atoms with Gasteiger partial charge in [-0.1, -0.05) is 12.0 Å². The van der Waals surface area contributed by atoms with Crippen molar-refractivity contribution in [3.05, 3.63) is 10.4 Å². The smallest absolute Gasteiger partial charge is 0.0270 e. The Balaban J connectivity index is 2.09. The highest BCUT2D eigenvalue weighted by Gasteiger charge is 2.14. The number of hydrogen-bond acceptors (Lipinski definition) is 2. The van der Waals surface area contributed by atoms with E-state index in [0.717, 1.165) is 18.9 Å². The van der Waals surface area contributed by atoms with Gasteiger partial charge in [-0.05, 0) is 43.8 Å². The zero-order chi connectivity index (χ0) is 9.52. The van der Waals surface area contributed by atoms with Gasteiger partial charge < -0.3 is 4.90 Å². The van der Waals surface area contributed by atoms with Crippen molar-refractivity contribution in [3.63, 3.8) is 0 Å². The van der Waals surface area contributed by atoms with Gasteiger partial charge >= 0.3 is 0 Å². The third-order valence-electron chi connectivity index (χ3n) is 2.54. The summed E-state index contributed by atoms with van der Waals surface area (Å²) in [6.07, 6.45) is 3.69. The van der Waals surface area contributed by atoms with Crippen LogP contribution < -0.4 is 0 Å². The summed E-state index contributed by atoms with van der Waals surface area (Å²) in [7, 11) is 0. The molecule has 4 nitrogen and oxygen atoms in total. The zero-order valence-electron chi connectivity index (χ0n) is 8.32. The van der Waals surface area contributed by atoms with Crippen LogP contribution in [0.4, 0.5) is 0 Å². The molecule has 0 aromatic rings. The van der Waals surface area contributed by atoms with Crippen molar-refractivity contribution in [1.29, 1.82) is 0 Å². The molecule has 74 valence electrons. The summed E-state index contributed by atoms with van der Waals surface area (Å²) in [5.74, 6) is 0.841. The highest BCUT2D eigenvalue weighted by molar-refractivity contribution is 4.69. The normalized spacial score (nSPS) is 23.9. The third kappa shape index (κ3) is 4.15. The monoisotopic (exact) mass is 182 g/mol. The molecule has 1 aliphatic heterocycles. The van der Waals surface area contributed by atoms with Crippen molar-refractivity contribution < 1.29 is 0 Å². The van der Waals surface area contributed by atoms with E-state index in [1.807, 2.05) is 0 Å². The lowest BCUT2D eigenvalue weighted by Gasteiger charge is -2.30. The van der Waals surface area contributed by atoms with Gasteiger partial charge in [-0.15, -0.1) is 0 Å². The van der Waals surface area contributed by atoms with Gasteiger partial charge in [-0.25, -0.2) is 0 Å². The van der Waals surface area contributed by atoms with Gasteiger partial charge in [0.25, 0.3) is 0 Å². The third-order valence-corrected chi connectivity index (χ3v) is 2.54. The Bertz CT molecular complexity index is 186. The lowest BCUT2D eigenvalue weighted by molar-refractivity contribution is 0.183. The molecule has 0 saturated carbocycles. The largest absolute Gasteiger partial charge is 0.303 e. The Morgan fingerprint density at radius 3 is 3.15 bits per heavy atom. The number of rotatable bonds is 4. The fourth-order valence-corrected chi connectivity index (χ4v) is 1.90. The molecule has 4 heteroatoms. The van der Waals surface area contributed by atoms with E-state index in [9.17, 15) is 0 Å². The van der Waals surface area contributed by atoms with Crippen LogP contribution >= 0.6 is 0 Å². The van der Waals surface area contributed by atoms with E-state index >= 15 is 0 Å². The van der Waals surface area contributed by atoms with Crippen LogP contribution in [0.25, 0.3) is 10.4 Å². The van der Waals surface area contributed by atoms with Gasteiger partial charge in [0.1, 0.15) is 0 Å². The molecule has 0 bridgehead atoms. The molecular weight excluding hydrogens is 164 g/mol. The van der Waals surface area contributed by atoms with Gasteiger partial charge in [0.2, 0.25) is 0 Å². The zero-order valence-corrected chi connectivity index (χ0v) is 8.32. The van der Waals surface area contributed by atoms with Crippen molar-refractivity contribution >= 4 is 0 Å². The summed E-state index contributed by atoms with van der Waals surface area (Å²) in [6.45, 7) is 6.47. The second kappa shape index (κ2) is 5.84. The van der Waals surface area contributed by atoms with E-state index in [-0.39, 0.29) is 0 Å². The van der Waals surface area contributed by atoms with E-state index < -0.39 is 0 Å². The molecular formula is C9H18N4. The molecule has 0 amide bonds. The molecule has 1 aliphatic rings. The summed E-state index contributed by atoms with van der Waals surface area (Å²) in [4.78, 5) is 5.21. The molecule has 0 radical (unpaired) electrons. The minimum Gasteiger partial charge on any atom is -0.303 e. The topological polar surface area (TPSA) is 52.0 Å². The van der Waals surface area contributed by atoms with E-state index in [1.54, 1.807) is 0 Å². The predicted molar refractivity (Wildman–Crippen MR) is 53.5 cm³/mol. The van der Waals surface area contributed by atoms with Gasteiger partial charge in [-0.3, -0.25) is 0 Å². The fraction of sp³-hybridized carbons (Fsp3) is 1.00. The Labute approximate surface area is 79.5 Å². The van der Waals surface area contributed by atoms with Crippen LogP contribution in [0.1, 0.15) is 26.2 Å². The van der Waals surface area contributed by atoms with Crippen LogP contribution in [-0.4, -0.2) is 31.1 Å². The first-order valence-corrected chi connectivity index (χ1v) is 5.06. The molecule has 0 aromatic carbocycles. The number of likely N-dealkylation sites (tertiary alicyclic amines) is 1. The highest BCUT2D eigenvalue weighted by Crippen LogP contribution is 2.15. The van der Waals surface area contributed by atoms with Crippen molar-refractivity contribution in [2.75, 3.05) is 26.2 Å². The first-order chi connectivity index (χ1) is 6.33. The maximum Gasteiger partial charge on any atom is 0.0270 e. The van der Waals surface area contributed by atoms with Gasteiger partial charge in [0.05, 0.1) is 0 Å². The van der Waals surface area contributed by atoms with Crippen molar-refractivity contribution in [2.24, 2.45) is 11.0 Å². The van der Waals surface area contributed by atoms with E-state index in [1.165, 1.54) is 25.9 Å². The Morgan fingerprint density at radius 1 is 1.62 bits per heavy atom. The molecule has 0 aromatic heterocycles. The molecule has 0 spiro atoms. The van der Waals surface area contributed by atoms with Crippen LogP contribution in [0.5, 0.6) is 0 Å². The minimum absolute atomic E-state index is 0.640. The Hall–Kier alpha value is -0.730. The molecule has 1 atom stereocenters. The second-order valence-electron chi connectivity index (χ2n) is 3.86. The van der Waals surface area contributed by atoms with Crippen LogP contribution in [0, 0.1) is 5.92 Å². The van der Waals surface area contributed by atoms with Crippen LogP contribution in [0.2, 0.25) is 0 Å². The first-order valence-electron chi connectivity index (χ1n) is 5.06. The van der Waals surface area contributed by atoms with Crippen LogP contribution in [-0.2, 0) is 0 Å². The Kier molecular flexibility index (Phi) is 4.65. The van der Waals surface area contributed by atoms with Crippen LogP contribution in [0.15, 0.2) is 5.11 Å². The molecule has 0 aliphatic carbocycles. The molecule has 1 heterocycles. The summed E-state index contributed by atoms with van der Waals surface area (Å²) in [5.41, 5.74) is 8.09. The second-order valence-corrected chi connectivity index (χ2v) is 3.86.